The highest BCUT2D eigenvalue weighted by Gasteiger charge is 2.13. The van der Waals surface area contributed by atoms with E-state index >= 15 is 0 Å². The second-order valence-electron chi connectivity index (χ2n) is 5.30. The highest BCUT2D eigenvalue weighted by molar-refractivity contribution is 7.89. The summed E-state index contributed by atoms with van der Waals surface area (Å²) in [4.78, 5) is 12.3. The van der Waals surface area contributed by atoms with Crippen LogP contribution in [0.4, 0.5) is 5.69 Å². The fraction of sp³-hybridized carbons (Fsp3) is 0.111. The van der Waals surface area contributed by atoms with Gasteiger partial charge in [-0.05, 0) is 60.7 Å². The van der Waals surface area contributed by atoms with Crippen molar-refractivity contribution >= 4 is 38.9 Å². The van der Waals surface area contributed by atoms with E-state index in [1.165, 1.54) is 18.2 Å². The van der Waals surface area contributed by atoms with Gasteiger partial charge >= 0.3 is 0 Å². The van der Waals surface area contributed by atoms with Crippen LogP contribution in [0.25, 0.3) is 0 Å². The Hall–Kier alpha value is -2.75. The van der Waals surface area contributed by atoms with Crippen molar-refractivity contribution in [1.29, 1.82) is 0 Å². The largest absolute Gasteiger partial charge is 0.497 e. The molecule has 0 saturated heterocycles. The topological polar surface area (TPSA) is 96.5 Å². The van der Waals surface area contributed by atoms with Crippen molar-refractivity contribution in [3.8, 4) is 5.75 Å². The highest BCUT2D eigenvalue weighted by Crippen LogP contribution is 2.14. The third kappa shape index (κ3) is 5.88. The molecule has 3 N–H and O–H groups in total. The Morgan fingerprint density at radius 3 is 2.33 bits per heavy atom. The van der Waals surface area contributed by atoms with Crippen molar-refractivity contribution in [2.45, 2.75) is 4.90 Å². The number of carbonyl (C=O) groups excluding carboxylic acids is 1. The number of sulfonamides is 1. The summed E-state index contributed by atoms with van der Waals surface area (Å²) in [5, 5.41) is 5.48. The van der Waals surface area contributed by atoms with Crippen LogP contribution in [0.15, 0.2) is 66.1 Å². The molecule has 0 aromatic heterocycles. The molecule has 0 radical (unpaired) electrons. The molecule has 0 aliphatic heterocycles. The summed E-state index contributed by atoms with van der Waals surface area (Å²) in [7, 11) is -2.05. The van der Waals surface area contributed by atoms with E-state index in [0.29, 0.717) is 17.0 Å². The minimum atomic E-state index is -3.59. The number of methoxy groups -OCH3 is 1. The average Bonchev–Trinajstić information content (AvgIpc) is 2.66. The van der Waals surface area contributed by atoms with Crippen LogP contribution in [0.5, 0.6) is 5.75 Å². The van der Waals surface area contributed by atoms with Crippen LogP contribution < -0.4 is 20.1 Å². The van der Waals surface area contributed by atoms with Crippen LogP contribution in [-0.2, 0) is 10.0 Å². The van der Waals surface area contributed by atoms with Crippen molar-refractivity contribution in [1.82, 2.24) is 10.0 Å². The molecule has 2 aromatic rings. The summed E-state index contributed by atoms with van der Waals surface area (Å²) in [6, 6.07) is 12.5. The van der Waals surface area contributed by atoms with E-state index in [1.807, 2.05) is 0 Å². The zero-order chi connectivity index (χ0) is 19.9. The quantitative estimate of drug-likeness (QED) is 0.483. The van der Waals surface area contributed by atoms with Crippen LogP contribution in [0.3, 0.4) is 0 Å². The minimum Gasteiger partial charge on any atom is -0.497 e. The molecule has 9 heteroatoms. The Balaban J connectivity index is 1.97. The molecule has 0 unspecified atom stereocenters. The first-order chi connectivity index (χ1) is 12.9. The molecule has 0 saturated carbocycles. The van der Waals surface area contributed by atoms with Gasteiger partial charge in [0.25, 0.3) is 5.91 Å². The number of nitrogens with one attached hydrogen (secondary N) is 3. The lowest BCUT2D eigenvalue weighted by Gasteiger charge is -2.11. The second kappa shape index (κ2) is 9.26. The van der Waals surface area contributed by atoms with Crippen molar-refractivity contribution in [3.63, 3.8) is 0 Å². The van der Waals surface area contributed by atoms with Gasteiger partial charge in [0.15, 0.2) is 5.11 Å². The molecule has 142 valence electrons. The van der Waals surface area contributed by atoms with E-state index < -0.39 is 10.0 Å². The van der Waals surface area contributed by atoms with Crippen LogP contribution in [0.2, 0.25) is 0 Å². The molecule has 0 spiro atoms. The van der Waals surface area contributed by atoms with Gasteiger partial charge in [-0.3, -0.25) is 10.1 Å². The van der Waals surface area contributed by atoms with Gasteiger partial charge in [-0.15, -0.1) is 6.58 Å². The summed E-state index contributed by atoms with van der Waals surface area (Å²) in [6.45, 7) is 3.61. The number of anilines is 1. The number of rotatable bonds is 7. The number of hydrogen-bond donors (Lipinski definition) is 3. The third-order valence-electron chi connectivity index (χ3n) is 3.42. The number of thiocarbonyl (C=S) groups is 1. The lowest BCUT2D eigenvalue weighted by atomic mass is 10.2. The Kier molecular flexibility index (Phi) is 7.05. The normalized spacial score (nSPS) is 10.7. The number of benzene rings is 2. The predicted octanol–water partition coefficient (Wildman–Crippen LogP) is 2.29. The molecule has 2 aromatic carbocycles. The van der Waals surface area contributed by atoms with Crippen LogP contribution in [-0.4, -0.2) is 33.1 Å². The maximum atomic E-state index is 12.2. The Morgan fingerprint density at radius 1 is 1.15 bits per heavy atom. The van der Waals surface area contributed by atoms with Crippen molar-refractivity contribution in [2.75, 3.05) is 19.0 Å². The first kappa shape index (κ1) is 20.6. The maximum Gasteiger partial charge on any atom is 0.257 e. The minimum absolute atomic E-state index is 0.0937. The number of ether oxygens (including phenoxy) is 1. The average molecular weight is 406 g/mol. The zero-order valence-electron chi connectivity index (χ0n) is 14.6. The smallest absolute Gasteiger partial charge is 0.257 e. The predicted molar refractivity (Wildman–Crippen MR) is 109 cm³/mol. The molecule has 0 bridgehead atoms. The fourth-order valence-electron chi connectivity index (χ4n) is 2.05. The SMILES string of the molecule is C=CCNS(=O)(=O)c1ccc(NC(=S)NC(=O)c2ccc(OC)cc2)cc1. The molecule has 0 aliphatic carbocycles. The fourth-order valence-corrected chi connectivity index (χ4v) is 3.26. The van der Waals surface area contributed by atoms with Gasteiger partial charge < -0.3 is 10.1 Å². The maximum absolute atomic E-state index is 12.2. The standard InChI is InChI=1S/C18H19N3O4S2/c1-3-12-19-27(23,24)16-10-6-14(7-11-16)20-18(26)21-17(22)13-4-8-15(25-2)9-5-13/h3-11,19H,1,12H2,2H3,(H2,20,21,22,26). The van der Waals surface area contributed by atoms with Crippen LogP contribution in [0.1, 0.15) is 10.4 Å². The van der Waals surface area contributed by atoms with Gasteiger partial charge in [0.05, 0.1) is 12.0 Å². The molecule has 0 fully saturated rings. The summed E-state index contributed by atoms with van der Waals surface area (Å²) in [5.41, 5.74) is 0.965. The van der Waals surface area contributed by atoms with Gasteiger partial charge in [-0.25, -0.2) is 13.1 Å². The van der Waals surface area contributed by atoms with E-state index in [2.05, 4.69) is 21.9 Å². The Morgan fingerprint density at radius 2 is 1.78 bits per heavy atom. The van der Waals surface area contributed by atoms with E-state index in [9.17, 15) is 13.2 Å². The molecular weight excluding hydrogens is 386 g/mol. The molecule has 0 heterocycles. The summed E-state index contributed by atoms with van der Waals surface area (Å²) in [6.07, 6.45) is 1.46. The van der Waals surface area contributed by atoms with E-state index in [0.717, 1.165) is 0 Å². The third-order valence-corrected chi connectivity index (χ3v) is 5.06. The molecule has 2 rings (SSSR count). The van der Waals surface area contributed by atoms with Crippen molar-refractivity contribution in [2.24, 2.45) is 0 Å². The monoisotopic (exact) mass is 405 g/mol. The van der Waals surface area contributed by atoms with Crippen molar-refractivity contribution < 1.29 is 17.9 Å². The Bertz CT molecular complexity index is 924. The van der Waals surface area contributed by atoms with Gasteiger partial charge in [-0.2, -0.15) is 0 Å². The zero-order valence-corrected chi connectivity index (χ0v) is 16.2. The van der Waals surface area contributed by atoms with Gasteiger partial charge in [-0.1, -0.05) is 6.08 Å². The van der Waals surface area contributed by atoms with Crippen molar-refractivity contribution in [3.05, 3.63) is 66.7 Å². The summed E-state index contributed by atoms with van der Waals surface area (Å²) < 4.78 is 31.4. The second-order valence-corrected chi connectivity index (χ2v) is 7.48. The lowest BCUT2D eigenvalue weighted by Crippen LogP contribution is -2.34. The number of hydrogen-bond acceptors (Lipinski definition) is 5. The first-order valence-corrected chi connectivity index (χ1v) is 9.72. The van der Waals surface area contributed by atoms with Gasteiger partial charge in [0, 0.05) is 17.8 Å². The summed E-state index contributed by atoms with van der Waals surface area (Å²) >= 11 is 5.12. The highest BCUT2D eigenvalue weighted by atomic mass is 32.2. The summed E-state index contributed by atoms with van der Waals surface area (Å²) in [5.74, 6) is 0.271. The van der Waals surface area contributed by atoms with Gasteiger partial charge in [0.2, 0.25) is 10.0 Å². The molecule has 0 atom stereocenters. The van der Waals surface area contributed by atoms with E-state index in [-0.39, 0.29) is 22.5 Å². The lowest BCUT2D eigenvalue weighted by molar-refractivity contribution is 0.0977. The van der Waals surface area contributed by atoms with E-state index in [1.54, 1.807) is 43.5 Å². The van der Waals surface area contributed by atoms with E-state index in [4.69, 9.17) is 17.0 Å². The van der Waals surface area contributed by atoms with Gasteiger partial charge in [0.1, 0.15) is 5.75 Å². The Labute approximate surface area is 163 Å². The van der Waals surface area contributed by atoms with Crippen LogP contribution in [0, 0.1) is 0 Å². The molecule has 27 heavy (non-hydrogen) atoms. The number of amides is 1. The van der Waals surface area contributed by atoms with Crippen LogP contribution >= 0.6 is 12.2 Å². The molecule has 7 nitrogen and oxygen atoms in total. The number of carbonyl (C=O) groups is 1. The molecular formula is C18H19N3O4S2. The molecule has 0 aliphatic rings. The molecule has 1 amide bonds. The first-order valence-electron chi connectivity index (χ1n) is 7.82.